The number of aryl methyl sites for hydroxylation is 1. The lowest BCUT2D eigenvalue weighted by Gasteiger charge is -2.32. The van der Waals surface area contributed by atoms with E-state index < -0.39 is 0 Å². The maximum absolute atomic E-state index is 12.3. The zero-order valence-electron chi connectivity index (χ0n) is 13.4. The molecule has 0 aliphatic carbocycles. The topological polar surface area (TPSA) is 52.6 Å². The van der Waals surface area contributed by atoms with Crippen LogP contribution in [-0.2, 0) is 0 Å². The Hall–Kier alpha value is -1.83. The molecule has 0 aliphatic rings. The predicted molar refractivity (Wildman–Crippen MR) is 85.2 cm³/mol. The van der Waals surface area contributed by atoms with Crippen LogP contribution >= 0.6 is 0 Å². The van der Waals surface area contributed by atoms with Gasteiger partial charge in [0.1, 0.15) is 6.61 Å². The van der Waals surface area contributed by atoms with E-state index >= 15 is 0 Å². The summed E-state index contributed by atoms with van der Waals surface area (Å²) in [6.45, 7) is 6.44. The molecule has 114 valence electrons. The van der Waals surface area contributed by atoms with Crippen LogP contribution in [0.2, 0.25) is 0 Å². The van der Waals surface area contributed by atoms with Gasteiger partial charge >= 0.3 is 0 Å². The first kappa shape index (κ1) is 17.2. The minimum Gasteiger partial charge on any atom is -0.384 e. The molecule has 0 spiro atoms. The maximum Gasteiger partial charge on any atom is 0.251 e. The Kier molecular flexibility index (Phi) is 5.95. The lowest BCUT2D eigenvalue weighted by atomic mass is 10.0. The van der Waals surface area contributed by atoms with E-state index in [9.17, 15) is 4.79 Å². The van der Waals surface area contributed by atoms with Crippen LogP contribution in [0.4, 0.5) is 0 Å². The molecule has 21 heavy (non-hydrogen) atoms. The molecule has 1 rings (SSSR count). The van der Waals surface area contributed by atoms with Crippen molar-refractivity contribution in [3.63, 3.8) is 0 Å². The molecule has 0 atom stereocenters. The van der Waals surface area contributed by atoms with Gasteiger partial charge in [-0.25, -0.2) is 0 Å². The highest BCUT2D eigenvalue weighted by atomic mass is 16.2. The van der Waals surface area contributed by atoms with E-state index in [1.807, 2.05) is 33.2 Å². The number of benzene rings is 1. The molecule has 0 fully saturated rings. The first-order valence-electron chi connectivity index (χ1n) is 6.93. The van der Waals surface area contributed by atoms with Crippen molar-refractivity contribution >= 4 is 5.91 Å². The second-order valence-electron chi connectivity index (χ2n) is 5.94. The average molecular weight is 288 g/mol. The Bertz CT molecular complexity index is 566. The number of amides is 1. The highest BCUT2D eigenvalue weighted by Gasteiger charge is 2.21. The molecule has 0 unspecified atom stereocenters. The van der Waals surface area contributed by atoms with E-state index in [0.29, 0.717) is 12.1 Å². The Morgan fingerprint density at radius 1 is 1.33 bits per heavy atom. The number of nitrogens with one attached hydrogen (secondary N) is 1. The van der Waals surface area contributed by atoms with Crippen LogP contribution in [0.1, 0.15) is 35.3 Å². The minimum atomic E-state index is -0.188. The van der Waals surface area contributed by atoms with E-state index in [-0.39, 0.29) is 18.1 Å². The van der Waals surface area contributed by atoms with E-state index in [4.69, 9.17) is 5.11 Å². The number of hydrogen-bond acceptors (Lipinski definition) is 3. The Morgan fingerprint density at radius 2 is 2.00 bits per heavy atom. The lowest BCUT2D eigenvalue weighted by Crippen LogP contribution is -2.48. The quantitative estimate of drug-likeness (QED) is 0.824. The standard InChI is InChI=1S/C17H24N2O2/c1-13-9-14(7-6-8-20)11-15(10-13)16(21)18-12-17(2,3)19(4)5/h9-11,20H,8,12H2,1-5H3,(H,18,21). The van der Waals surface area contributed by atoms with Crippen molar-refractivity contribution in [2.24, 2.45) is 0 Å². The summed E-state index contributed by atoms with van der Waals surface area (Å²) in [5.74, 6) is 5.32. The second-order valence-corrected chi connectivity index (χ2v) is 5.94. The molecule has 4 heteroatoms. The molecule has 0 aromatic heterocycles. The number of carbonyl (C=O) groups excluding carboxylic acids is 1. The number of rotatable bonds is 4. The van der Waals surface area contributed by atoms with E-state index in [0.717, 1.165) is 11.1 Å². The van der Waals surface area contributed by atoms with Crippen molar-refractivity contribution < 1.29 is 9.90 Å². The summed E-state index contributed by atoms with van der Waals surface area (Å²) in [6.07, 6.45) is 0. The fourth-order valence-corrected chi connectivity index (χ4v) is 1.68. The number of carbonyl (C=O) groups is 1. The van der Waals surface area contributed by atoms with Crippen LogP contribution in [0.25, 0.3) is 0 Å². The molecule has 2 N–H and O–H groups in total. The maximum atomic E-state index is 12.3. The molecule has 1 aromatic rings. The van der Waals surface area contributed by atoms with E-state index in [1.165, 1.54) is 0 Å². The Balaban J connectivity index is 2.86. The zero-order chi connectivity index (χ0) is 16.0. The van der Waals surface area contributed by atoms with Crippen molar-refractivity contribution in [1.82, 2.24) is 10.2 Å². The predicted octanol–water partition coefficient (Wildman–Crippen LogP) is 1.41. The number of hydrogen-bond donors (Lipinski definition) is 2. The summed E-state index contributed by atoms with van der Waals surface area (Å²) in [7, 11) is 3.98. The normalized spacial score (nSPS) is 11.0. The molecule has 0 saturated heterocycles. The van der Waals surface area contributed by atoms with Gasteiger partial charge in [-0.1, -0.05) is 11.8 Å². The molecule has 1 amide bonds. The molecule has 1 aromatic carbocycles. The number of likely N-dealkylation sites (N-methyl/N-ethyl adjacent to an activating group) is 1. The van der Waals surface area contributed by atoms with Crippen molar-refractivity contribution in [1.29, 1.82) is 0 Å². The highest BCUT2D eigenvalue weighted by molar-refractivity contribution is 5.94. The Labute approximate surface area is 127 Å². The van der Waals surface area contributed by atoms with Crippen LogP contribution in [0.15, 0.2) is 18.2 Å². The third kappa shape index (κ3) is 5.22. The van der Waals surface area contributed by atoms with Gasteiger partial charge in [0.15, 0.2) is 0 Å². The summed E-state index contributed by atoms with van der Waals surface area (Å²) in [5.41, 5.74) is 2.18. The molecule has 0 radical (unpaired) electrons. The summed E-state index contributed by atoms with van der Waals surface area (Å²) < 4.78 is 0. The number of aliphatic hydroxyl groups excluding tert-OH is 1. The zero-order valence-corrected chi connectivity index (χ0v) is 13.4. The second kappa shape index (κ2) is 7.26. The van der Waals surface area contributed by atoms with Gasteiger partial charge in [0.05, 0.1) is 0 Å². The van der Waals surface area contributed by atoms with Gasteiger partial charge in [-0.3, -0.25) is 4.79 Å². The smallest absolute Gasteiger partial charge is 0.251 e. The van der Waals surface area contributed by atoms with Gasteiger partial charge in [-0.2, -0.15) is 0 Å². The molecule has 0 heterocycles. The van der Waals surface area contributed by atoms with Crippen LogP contribution in [0.5, 0.6) is 0 Å². The minimum absolute atomic E-state index is 0.110. The van der Waals surface area contributed by atoms with Crippen molar-refractivity contribution in [3.8, 4) is 11.8 Å². The molecule has 0 aliphatic heterocycles. The first-order valence-corrected chi connectivity index (χ1v) is 6.93. The van der Waals surface area contributed by atoms with Gasteiger partial charge in [-0.15, -0.1) is 0 Å². The van der Waals surface area contributed by atoms with Crippen LogP contribution < -0.4 is 5.32 Å². The van der Waals surface area contributed by atoms with Crippen molar-refractivity contribution in [3.05, 3.63) is 34.9 Å². The SMILES string of the molecule is Cc1cc(C#CCO)cc(C(=O)NCC(C)(C)N(C)C)c1. The molecule has 0 bridgehead atoms. The first-order chi connectivity index (χ1) is 9.76. The van der Waals surface area contributed by atoms with Crippen molar-refractivity contribution in [2.75, 3.05) is 27.2 Å². The highest BCUT2D eigenvalue weighted by Crippen LogP contribution is 2.11. The Morgan fingerprint density at radius 3 is 2.57 bits per heavy atom. The number of aliphatic hydroxyl groups is 1. The fraction of sp³-hybridized carbons (Fsp3) is 0.471. The largest absolute Gasteiger partial charge is 0.384 e. The third-order valence-electron chi connectivity index (χ3n) is 3.54. The molecular weight excluding hydrogens is 264 g/mol. The van der Waals surface area contributed by atoms with Gasteiger partial charge < -0.3 is 15.3 Å². The summed E-state index contributed by atoms with van der Waals surface area (Å²) in [4.78, 5) is 14.3. The molecule has 4 nitrogen and oxygen atoms in total. The molecular formula is C17H24N2O2. The monoisotopic (exact) mass is 288 g/mol. The molecule has 0 saturated carbocycles. The number of nitrogens with zero attached hydrogens (tertiary/aromatic N) is 1. The summed E-state index contributed by atoms with van der Waals surface area (Å²) >= 11 is 0. The van der Waals surface area contributed by atoms with Gasteiger partial charge in [0.25, 0.3) is 5.91 Å². The van der Waals surface area contributed by atoms with E-state index in [1.54, 1.807) is 6.07 Å². The van der Waals surface area contributed by atoms with Gasteiger partial charge in [0, 0.05) is 23.2 Å². The average Bonchev–Trinajstić information content (AvgIpc) is 2.41. The fourth-order valence-electron chi connectivity index (χ4n) is 1.68. The van der Waals surface area contributed by atoms with Crippen LogP contribution in [0.3, 0.4) is 0 Å². The van der Waals surface area contributed by atoms with Crippen molar-refractivity contribution in [2.45, 2.75) is 26.3 Å². The van der Waals surface area contributed by atoms with Gasteiger partial charge in [0.2, 0.25) is 0 Å². The van der Waals surface area contributed by atoms with E-state index in [2.05, 4.69) is 35.9 Å². The van der Waals surface area contributed by atoms with Crippen LogP contribution in [-0.4, -0.2) is 48.7 Å². The van der Waals surface area contributed by atoms with Gasteiger partial charge in [-0.05, 0) is 58.6 Å². The summed E-state index contributed by atoms with van der Waals surface area (Å²) in [6, 6.07) is 5.47. The summed E-state index contributed by atoms with van der Waals surface area (Å²) in [5, 5.41) is 11.7. The van der Waals surface area contributed by atoms with Crippen LogP contribution in [0, 0.1) is 18.8 Å². The third-order valence-corrected chi connectivity index (χ3v) is 3.54. The lowest BCUT2D eigenvalue weighted by molar-refractivity contribution is 0.0919.